The molecule has 1 aliphatic heterocycles. The molecule has 0 aromatic heterocycles. The molecule has 0 aliphatic carbocycles. The minimum atomic E-state index is -1.52. The zero-order valence-corrected chi connectivity index (χ0v) is 14.1. The Morgan fingerprint density at radius 1 is 1.42 bits per heavy atom. The van der Waals surface area contributed by atoms with Crippen molar-refractivity contribution < 1.29 is 30.0 Å². The molecule has 13 N–H and O–H groups in total. The van der Waals surface area contributed by atoms with Gasteiger partial charge in [-0.3, -0.25) is 4.79 Å². The first kappa shape index (κ1) is 22.1. The summed E-state index contributed by atoms with van der Waals surface area (Å²) in [4.78, 5) is 26.4. The fourth-order valence-corrected chi connectivity index (χ4v) is 3.44. The lowest BCUT2D eigenvalue weighted by atomic mass is 9.97. The van der Waals surface area contributed by atoms with Gasteiger partial charge >= 0.3 is 5.97 Å². The molecular formula is C12H24N5O6S+. The molecule has 0 saturated carbocycles. The summed E-state index contributed by atoms with van der Waals surface area (Å²) in [6.07, 6.45) is -1.78. The number of guanidine groups is 1. The Labute approximate surface area is 142 Å². The third kappa shape index (κ3) is 5.65. The fourth-order valence-electron chi connectivity index (χ4n) is 2.14. The average Bonchev–Trinajstić information content (AvgIpc) is 2.45. The molecule has 24 heavy (non-hydrogen) atoms. The molecule has 1 rings (SSSR count). The van der Waals surface area contributed by atoms with Gasteiger partial charge in [-0.05, 0) is 6.08 Å². The van der Waals surface area contributed by atoms with Gasteiger partial charge in [-0.15, -0.1) is 11.8 Å². The van der Waals surface area contributed by atoms with Crippen LogP contribution in [0.25, 0.3) is 0 Å². The maximum atomic E-state index is 11.4. The van der Waals surface area contributed by atoms with Gasteiger partial charge in [0.05, 0.1) is 34.9 Å². The molecule has 0 fully saturated rings. The minimum Gasteiger partial charge on any atom is -0.477 e. The second kappa shape index (κ2) is 9.44. The van der Waals surface area contributed by atoms with E-state index in [2.05, 4.69) is 10.3 Å². The maximum absolute atomic E-state index is 11.4. The highest BCUT2D eigenvalue weighted by Crippen LogP contribution is 2.35. The number of hydrogen-bond donors (Lipinski definition) is 8. The standard InChI is InChI=1S/C12H20N4O6S.H3N/c1-4(18)15-8-5(16-12(13)14)2-7(11(21)22)23-10(8)9(20)6(19)3-17;/h2,5-6,8-10,17,19-20H,3H2,1H3,(H,15,18)(H,21,22)(H4,13,14,16);1H3/p+1/t5-,6+,8+,9+,10+;/m0./s1. The van der Waals surface area contributed by atoms with Crippen LogP contribution in [0.3, 0.4) is 0 Å². The first-order valence-corrected chi connectivity index (χ1v) is 7.50. The van der Waals surface area contributed by atoms with Crippen molar-refractivity contribution in [2.45, 2.75) is 36.5 Å². The van der Waals surface area contributed by atoms with Gasteiger partial charge in [-0.1, -0.05) is 0 Å². The van der Waals surface area contributed by atoms with Crippen LogP contribution in [0.1, 0.15) is 6.92 Å². The molecule has 0 aromatic rings. The van der Waals surface area contributed by atoms with Crippen molar-refractivity contribution in [2.75, 3.05) is 6.61 Å². The van der Waals surface area contributed by atoms with E-state index < -0.39 is 48.0 Å². The molecule has 1 amide bonds. The maximum Gasteiger partial charge on any atom is 0.341 e. The van der Waals surface area contributed by atoms with Crippen LogP contribution in [0.15, 0.2) is 16.0 Å². The predicted molar refractivity (Wildman–Crippen MR) is 89.4 cm³/mol. The van der Waals surface area contributed by atoms with Gasteiger partial charge in [0.15, 0.2) is 5.96 Å². The van der Waals surface area contributed by atoms with Crippen LogP contribution in [0.4, 0.5) is 0 Å². The number of carbonyl (C=O) groups excluding carboxylic acids is 1. The molecule has 5 atom stereocenters. The van der Waals surface area contributed by atoms with Crippen molar-refractivity contribution in [3.05, 3.63) is 11.0 Å². The zero-order chi connectivity index (χ0) is 17.7. The van der Waals surface area contributed by atoms with Crippen LogP contribution in [0.2, 0.25) is 0 Å². The molecule has 12 heteroatoms. The molecule has 11 nitrogen and oxygen atoms in total. The molecule has 1 aliphatic rings. The summed E-state index contributed by atoms with van der Waals surface area (Å²) >= 11 is 0.747. The highest BCUT2D eigenvalue weighted by Gasteiger charge is 2.42. The number of nitrogens with two attached hydrogens (primary N) is 2. The Hall–Kier alpha value is -1.86. The fraction of sp³-hybridized carbons (Fsp3) is 0.583. The number of nitrogens with zero attached hydrogens (tertiary/aromatic N) is 1. The molecule has 138 valence electrons. The minimum absolute atomic E-state index is 0. The summed E-state index contributed by atoms with van der Waals surface area (Å²) in [6.45, 7) is 0.504. The first-order valence-electron chi connectivity index (χ1n) is 6.62. The summed E-state index contributed by atoms with van der Waals surface area (Å²) in [5.74, 6) is -2.04. The SMILES string of the molecule is CC(=O)N[C@H]1[C@H]([C@H](O)[C@H](O)CO)SC(C(=O)O)=C[C@@H]1N=C(N)N.[NH4+]. The number of aliphatic hydroxyl groups is 3. The highest BCUT2D eigenvalue weighted by atomic mass is 32.2. The van der Waals surface area contributed by atoms with Crippen molar-refractivity contribution >= 4 is 29.6 Å². The third-order valence-electron chi connectivity index (χ3n) is 3.10. The molecule has 1 heterocycles. The number of thioether (sulfide) groups is 1. The van der Waals surface area contributed by atoms with Gasteiger partial charge in [0.2, 0.25) is 5.91 Å². The normalized spacial score (nSPS) is 25.5. The Bertz CT molecular complexity index is 524. The van der Waals surface area contributed by atoms with Crippen molar-refractivity contribution in [1.29, 1.82) is 0 Å². The van der Waals surface area contributed by atoms with Crippen LogP contribution >= 0.6 is 11.8 Å². The topological polar surface area (TPSA) is 228 Å². The first-order chi connectivity index (χ1) is 10.7. The van der Waals surface area contributed by atoms with Crippen LogP contribution in [-0.4, -0.2) is 74.4 Å². The predicted octanol–water partition coefficient (Wildman–Crippen LogP) is -2.69. The molecule has 0 spiro atoms. The number of rotatable bonds is 6. The van der Waals surface area contributed by atoms with E-state index in [1.807, 2.05) is 0 Å². The van der Waals surface area contributed by atoms with Gasteiger partial charge < -0.3 is 43.4 Å². The van der Waals surface area contributed by atoms with Crippen LogP contribution in [-0.2, 0) is 9.59 Å². The Kier molecular flexibility index (Phi) is 8.71. The lowest BCUT2D eigenvalue weighted by Gasteiger charge is -2.38. The smallest absolute Gasteiger partial charge is 0.341 e. The molecular weight excluding hydrogens is 342 g/mol. The number of aliphatic hydroxyl groups excluding tert-OH is 3. The summed E-state index contributed by atoms with van der Waals surface area (Å²) in [6, 6.07) is -1.82. The zero-order valence-electron chi connectivity index (χ0n) is 13.3. The number of carbonyl (C=O) groups is 2. The summed E-state index contributed by atoms with van der Waals surface area (Å²) in [5.41, 5.74) is 10.7. The average molecular weight is 366 g/mol. The Morgan fingerprint density at radius 2 is 2.00 bits per heavy atom. The number of carboxylic acids is 1. The Morgan fingerprint density at radius 3 is 2.42 bits per heavy atom. The van der Waals surface area contributed by atoms with Crippen LogP contribution in [0, 0.1) is 0 Å². The van der Waals surface area contributed by atoms with Crippen molar-refractivity contribution in [2.24, 2.45) is 16.5 Å². The summed E-state index contributed by atoms with van der Waals surface area (Å²) in [5, 5.41) is 39.5. The van der Waals surface area contributed by atoms with E-state index in [1.165, 1.54) is 13.0 Å². The lowest BCUT2D eigenvalue weighted by molar-refractivity contribution is -0.131. The molecule has 0 unspecified atom stereocenters. The molecule has 0 aromatic carbocycles. The highest BCUT2D eigenvalue weighted by molar-refractivity contribution is 8.04. The second-order valence-corrected chi connectivity index (χ2v) is 6.15. The number of amides is 1. The molecule has 0 radical (unpaired) electrons. The van der Waals surface area contributed by atoms with Crippen LogP contribution < -0.4 is 22.9 Å². The summed E-state index contributed by atoms with van der Waals surface area (Å²) in [7, 11) is 0. The van der Waals surface area contributed by atoms with E-state index in [1.54, 1.807) is 0 Å². The number of quaternary nitrogens is 1. The number of aliphatic carboxylic acids is 1. The van der Waals surface area contributed by atoms with E-state index in [0.29, 0.717) is 0 Å². The number of aliphatic imine (C=N–C) groups is 1. The number of carboxylic acid groups (broad SMARTS) is 1. The van der Waals surface area contributed by atoms with Crippen molar-refractivity contribution in [3.63, 3.8) is 0 Å². The molecule has 0 saturated heterocycles. The van der Waals surface area contributed by atoms with Crippen molar-refractivity contribution in [3.8, 4) is 0 Å². The van der Waals surface area contributed by atoms with E-state index in [4.69, 9.17) is 16.6 Å². The quantitative estimate of drug-likeness (QED) is 0.180. The van der Waals surface area contributed by atoms with Crippen LogP contribution in [0.5, 0.6) is 0 Å². The second-order valence-electron chi connectivity index (χ2n) is 4.93. The lowest BCUT2D eigenvalue weighted by Crippen LogP contribution is -2.57. The van der Waals surface area contributed by atoms with Crippen molar-refractivity contribution in [1.82, 2.24) is 11.5 Å². The van der Waals surface area contributed by atoms with Gasteiger partial charge in [0, 0.05) is 6.92 Å². The van der Waals surface area contributed by atoms with E-state index in [-0.39, 0.29) is 17.0 Å². The van der Waals surface area contributed by atoms with Gasteiger partial charge in [-0.25, -0.2) is 9.79 Å². The van der Waals surface area contributed by atoms with Gasteiger partial charge in [-0.2, -0.15) is 0 Å². The Balaban J connectivity index is 0.00000529. The number of hydrogen-bond acceptors (Lipinski definition) is 7. The monoisotopic (exact) mass is 366 g/mol. The molecule has 0 bridgehead atoms. The largest absolute Gasteiger partial charge is 0.477 e. The summed E-state index contributed by atoms with van der Waals surface area (Å²) < 4.78 is 0. The van der Waals surface area contributed by atoms with Gasteiger partial charge in [0.25, 0.3) is 0 Å². The van der Waals surface area contributed by atoms with Gasteiger partial charge in [0.1, 0.15) is 6.10 Å². The third-order valence-corrected chi connectivity index (χ3v) is 4.51. The number of nitrogens with one attached hydrogen (secondary N) is 1. The van der Waals surface area contributed by atoms with E-state index in [9.17, 15) is 24.9 Å². The van der Waals surface area contributed by atoms with E-state index in [0.717, 1.165) is 11.8 Å². The van der Waals surface area contributed by atoms with E-state index >= 15 is 0 Å².